The number of carbonyl (C=O) groups excluding carboxylic acids is 2. The number of cyclic esters (lactones) is 1. The van der Waals surface area contributed by atoms with Crippen LogP contribution in [0.3, 0.4) is 0 Å². The fourth-order valence-corrected chi connectivity index (χ4v) is 9.16. The standard InChI is InChI=1S/C29H32O13.C19H19N5O/c1-11-36-9-20-27(40-11)24(31)25(32)29(41-20)42-26-14-7-17-16(38-10-39-17)6-13(14)21(22-15(26)8-37-28(22)33)12-4-18(34-2)23(30)19(5-12)35-3;1-13-6-4-5-7-17(13)23-22-15-8-9-16(14(2)12-15)21-19(25)18-10-11-20-24(18)3/h4-7,11,15,20-22,24-27,29-32H,8-10H2,1-3H3;4-12H,1-3H3,(H,21,25). The van der Waals surface area contributed by atoms with Gasteiger partial charge in [0.1, 0.15) is 30.1 Å². The van der Waals surface area contributed by atoms with Gasteiger partial charge in [-0.2, -0.15) is 15.3 Å². The van der Waals surface area contributed by atoms with Gasteiger partial charge in [0.15, 0.2) is 35.6 Å². The zero-order chi connectivity index (χ0) is 47.1. The Balaban J connectivity index is 0.000000192. The highest BCUT2D eigenvalue weighted by Crippen LogP contribution is 2.57. The summed E-state index contributed by atoms with van der Waals surface area (Å²) in [5.74, 6) is -1.22. The van der Waals surface area contributed by atoms with Crippen LogP contribution in [0.15, 0.2) is 89.2 Å². The van der Waals surface area contributed by atoms with Gasteiger partial charge in [0.05, 0.1) is 50.8 Å². The Kier molecular flexibility index (Phi) is 12.9. The van der Waals surface area contributed by atoms with Crippen molar-refractivity contribution in [3.05, 3.63) is 113 Å². The first-order valence-electron chi connectivity index (χ1n) is 21.7. The summed E-state index contributed by atoms with van der Waals surface area (Å²) >= 11 is 0. The lowest BCUT2D eigenvalue weighted by Gasteiger charge is -2.47. The lowest BCUT2D eigenvalue weighted by Crippen LogP contribution is -2.63. The number of methoxy groups -OCH3 is 2. The van der Waals surface area contributed by atoms with Gasteiger partial charge in [-0.05, 0) is 103 Å². The third-order valence-corrected chi connectivity index (χ3v) is 12.6. The van der Waals surface area contributed by atoms with E-state index < -0.39 is 66.8 Å². The van der Waals surface area contributed by atoms with E-state index in [0.29, 0.717) is 33.9 Å². The molecule has 4 aromatic carbocycles. The topological polar surface area (TPSA) is 232 Å². The van der Waals surface area contributed by atoms with Crippen molar-refractivity contribution in [1.29, 1.82) is 0 Å². The number of hydrogen-bond acceptors (Lipinski definition) is 17. The molecule has 3 saturated heterocycles. The van der Waals surface area contributed by atoms with E-state index in [0.717, 1.165) is 28.2 Å². The van der Waals surface area contributed by atoms with Crippen molar-refractivity contribution in [3.8, 4) is 28.7 Å². The average molecular weight is 922 g/mol. The third-order valence-electron chi connectivity index (χ3n) is 12.6. The number of rotatable bonds is 9. The number of benzene rings is 4. The molecule has 5 aliphatic rings. The number of aliphatic hydroxyl groups excluding tert-OH is 2. The fraction of sp³-hybridized carbons (Fsp3) is 0.396. The van der Waals surface area contributed by atoms with E-state index in [1.807, 2.05) is 56.3 Å². The molecule has 5 heterocycles. The maximum absolute atomic E-state index is 13.4. The Bertz CT molecular complexity index is 2660. The number of aryl methyl sites for hydroxylation is 3. The highest BCUT2D eigenvalue weighted by atomic mass is 16.8. The number of aliphatic hydroxyl groups is 2. The number of nitrogens with one attached hydrogen (secondary N) is 1. The second-order valence-corrected chi connectivity index (χ2v) is 16.8. The highest BCUT2D eigenvalue weighted by molar-refractivity contribution is 6.03. The largest absolute Gasteiger partial charge is 0.502 e. The van der Waals surface area contributed by atoms with E-state index in [-0.39, 0.29) is 43.2 Å². The minimum Gasteiger partial charge on any atom is -0.502 e. The monoisotopic (exact) mass is 921 g/mol. The minimum atomic E-state index is -1.44. The predicted octanol–water partition coefficient (Wildman–Crippen LogP) is 6.04. The maximum Gasteiger partial charge on any atom is 0.310 e. The smallest absolute Gasteiger partial charge is 0.310 e. The lowest BCUT2D eigenvalue weighted by molar-refractivity contribution is -0.364. The molecular formula is C48H51N5O14. The molecule has 10 atom stereocenters. The van der Waals surface area contributed by atoms with E-state index in [1.165, 1.54) is 18.9 Å². The Morgan fingerprint density at radius 2 is 1.60 bits per heavy atom. The molecule has 4 aliphatic heterocycles. The van der Waals surface area contributed by atoms with Crippen LogP contribution in [0.1, 0.15) is 57.3 Å². The van der Waals surface area contributed by atoms with E-state index >= 15 is 0 Å². The zero-order valence-electron chi connectivity index (χ0n) is 37.5. The molecule has 0 saturated carbocycles. The highest BCUT2D eigenvalue weighted by Gasteiger charge is 2.56. The van der Waals surface area contributed by atoms with Gasteiger partial charge in [0.2, 0.25) is 12.5 Å². The number of carbonyl (C=O) groups is 2. The number of ether oxygens (including phenoxy) is 9. The summed E-state index contributed by atoms with van der Waals surface area (Å²) in [5, 5.41) is 48.0. The van der Waals surface area contributed by atoms with Gasteiger partial charge in [0.25, 0.3) is 5.91 Å². The molecule has 1 amide bonds. The quantitative estimate of drug-likeness (QED) is 0.0975. The van der Waals surface area contributed by atoms with Gasteiger partial charge in [-0.3, -0.25) is 14.3 Å². The number of phenols is 1. The van der Waals surface area contributed by atoms with Crippen molar-refractivity contribution in [2.24, 2.45) is 29.1 Å². The van der Waals surface area contributed by atoms with Crippen LogP contribution in [0.25, 0.3) is 0 Å². The van der Waals surface area contributed by atoms with Gasteiger partial charge in [-0.1, -0.05) is 18.2 Å². The molecule has 10 rings (SSSR count). The number of hydrogen-bond donors (Lipinski definition) is 4. The lowest BCUT2D eigenvalue weighted by atomic mass is 9.66. The molecule has 67 heavy (non-hydrogen) atoms. The van der Waals surface area contributed by atoms with Crippen LogP contribution >= 0.6 is 0 Å². The number of phenolic OH excluding ortho intramolecular Hbond substituents is 1. The number of fused-ring (bicyclic) bond motifs is 4. The predicted molar refractivity (Wildman–Crippen MR) is 236 cm³/mol. The van der Waals surface area contributed by atoms with Crippen LogP contribution in [-0.2, 0) is 35.5 Å². The van der Waals surface area contributed by atoms with Crippen LogP contribution in [0, 0.1) is 25.7 Å². The van der Waals surface area contributed by atoms with Gasteiger partial charge in [0, 0.05) is 30.8 Å². The molecule has 19 nitrogen and oxygen atoms in total. The average Bonchev–Trinajstić information content (AvgIpc) is 4.08. The summed E-state index contributed by atoms with van der Waals surface area (Å²) < 4.78 is 53.1. The molecule has 19 heteroatoms. The van der Waals surface area contributed by atoms with Crippen LogP contribution in [0.2, 0.25) is 0 Å². The number of aromatic hydroxyl groups is 1. The number of esters is 1. The molecule has 1 aliphatic carbocycles. The molecular weight excluding hydrogens is 871 g/mol. The van der Waals surface area contributed by atoms with Crippen LogP contribution in [-0.4, -0.2) is 108 Å². The fourth-order valence-electron chi connectivity index (χ4n) is 9.16. The van der Waals surface area contributed by atoms with E-state index in [4.69, 9.17) is 42.6 Å². The van der Waals surface area contributed by atoms with Crippen molar-refractivity contribution < 1.29 is 67.5 Å². The summed E-state index contributed by atoms with van der Waals surface area (Å²) in [6.45, 7) is 5.85. The molecule has 1 aromatic heterocycles. The van der Waals surface area contributed by atoms with Crippen LogP contribution in [0.4, 0.5) is 17.1 Å². The molecule has 352 valence electrons. The van der Waals surface area contributed by atoms with Gasteiger partial charge in [-0.15, -0.1) is 0 Å². The van der Waals surface area contributed by atoms with Crippen molar-refractivity contribution in [1.82, 2.24) is 9.78 Å². The Morgan fingerprint density at radius 3 is 2.28 bits per heavy atom. The van der Waals surface area contributed by atoms with Crippen molar-refractivity contribution in [2.45, 2.75) is 69.8 Å². The Morgan fingerprint density at radius 1 is 0.866 bits per heavy atom. The second kappa shape index (κ2) is 18.9. The van der Waals surface area contributed by atoms with Gasteiger partial charge >= 0.3 is 5.97 Å². The van der Waals surface area contributed by atoms with E-state index in [2.05, 4.69) is 20.6 Å². The first-order chi connectivity index (χ1) is 32.3. The van der Waals surface area contributed by atoms with Crippen LogP contribution < -0.4 is 24.3 Å². The summed E-state index contributed by atoms with van der Waals surface area (Å²) in [6, 6.07) is 22.0. The maximum atomic E-state index is 13.4. The zero-order valence-corrected chi connectivity index (χ0v) is 37.5. The van der Waals surface area contributed by atoms with Crippen molar-refractivity contribution in [2.75, 3.05) is 39.5 Å². The summed E-state index contributed by atoms with van der Waals surface area (Å²) in [5.41, 5.74) is 6.82. The Labute approximate surface area is 385 Å². The number of aromatic nitrogens is 2. The van der Waals surface area contributed by atoms with E-state index in [1.54, 1.807) is 50.5 Å². The third kappa shape index (κ3) is 8.88. The summed E-state index contributed by atoms with van der Waals surface area (Å²) in [6.07, 6.45) is -5.20. The van der Waals surface area contributed by atoms with Gasteiger partial charge < -0.3 is 63.3 Å². The molecule has 4 N–H and O–H groups in total. The Hall–Kier alpha value is -6.61. The number of anilines is 1. The minimum absolute atomic E-state index is 0.0301. The number of azo groups is 1. The normalized spacial score (nSPS) is 27.0. The van der Waals surface area contributed by atoms with Crippen molar-refractivity contribution >= 4 is 28.9 Å². The first-order valence-corrected chi connectivity index (χ1v) is 21.7. The molecule has 0 bridgehead atoms. The SMILES string of the molecule is COc1cc(C2c3cc4c(cc3C(OC3OC5COC(C)OC5C(O)C3O)C3COC(=O)C23)OCO4)cc(OC)c1O.Cc1ccccc1N=Nc1ccc(NC(=O)c2ccnn2C)c(C)c1. The molecule has 10 unspecified atom stereocenters. The van der Waals surface area contributed by atoms with Gasteiger partial charge in [-0.25, -0.2) is 0 Å². The summed E-state index contributed by atoms with van der Waals surface area (Å²) in [4.78, 5) is 25.7. The first kappa shape index (κ1) is 45.5. The molecule has 3 fully saturated rings. The van der Waals surface area contributed by atoms with E-state index in [9.17, 15) is 24.9 Å². The number of amides is 1. The number of nitrogens with zero attached hydrogens (tertiary/aromatic N) is 4. The van der Waals surface area contributed by atoms with Crippen molar-refractivity contribution in [3.63, 3.8) is 0 Å². The molecule has 0 radical (unpaired) electrons. The summed E-state index contributed by atoms with van der Waals surface area (Å²) in [7, 11) is 4.59. The second-order valence-electron chi connectivity index (χ2n) is 16.8. The van der Waals surface area contributed by atoms with Crippen LogP contribution in [0.5, 0.6) is 28.7 Å². The molecule has 0 spiro atoms. The molecule has 5 aromatic rings.